The van der Waals surface area contributed by atoms with Gasteiger partial charge >= 0.3 is 0 Å². The second-order valence-electron chi connectivity index (χ2n) is 9.52. The van der Waals surface area contributed by atoms with E-state index in [4.69, 9.17) is 0 Å². The number of benzene rings is 2. The lowest BCUT2D eigenvalue weighted by molar-refractivity contribution is -0.139. The van der Waals surface area contributed by atoms with Crippen molar-refractivity contribution in [2.45, 2.75) is 72.5 Å². The average molecular weight is 502 g/mol. The molecule has 0 saturated carbocycles. The van der Waals surface area contributed by atoms with Crippen LogP contribution in [0.3, 0.4) is 0 Å². The summed E-state index contributed by atoms with van der Waals surface area (Å²) in [6, 6.07) is 14.1. The highest BCUT2D eigenvalue weighted by atomic mass is 32.2. The van der Waals surface area contributed by atoms with E-state index in [2.05, 4.69) is 19.2 Å². The highest BCUT2D eigenvalue weighted by Gasteiger charge is 2.30. The minimum absolute atomic E-state index is 0.0344. The van der Waals surface area contributed by atoms with Crippen LogP contribution < -0.4 is 9.62 Å². The van der Waals surface area contributed by atoms with E-state index in [-0.39, 0.29) is 18.5 Å². The summed E-state index contributed by atoms with van der Waals surface area (Å²) in [6.45, 7) is 11.4. The summed E-state index contributed by atoms with van der Waals surface area (Å²) in [4.78, 5) is 28.0. The molecule has 8 heteroatoms. The summed E-state index contributed by atoms with van der Waals surface area (Å²) in [7, 11) is -3.74. The molecule has 0 spiro atoms. The molecule has 2 aromatic rings. The first-order valence-electron chi connectivity index (χ1n) is 12.1. The number of nitrogens with zero attached hydrogens (tertiary/aromatic N) is 2. The minimum atomic E-state index is -3.74. The average Bonchev–Trinajstić information content (AvgIpc) is 2.79. The maximum absolute atomic E-state index is 13.6. The molecule has 0 bridgehead atoms. The highest BCUT2D eigenvalue weighted by Crippen LogP contribution is 2.23. The molecule has 1 N–H and O–H groups in total. The van der Waals surface area contributed by atoms with Crippen LogP contribution in [-0.4, -0.2) is 50.0 Å². The zero-order chi connectivity index (χ0) is 26.3. The Hall–Kier alpha value is -2.87. The van der Waals surface area contributed by atoms with Crippen molar-refractivity contribution in [3.8, 4) is 0 Å². The summed E-state index contributed by atoms with van der Waals surface area (Å²) in [5.41, 5.74) is 3.39. The lowest BCUT2D eigenvalue weighted by Crippen LogP contribution is -2.52. The molecule has 0 heterocycles. The zero-order valence-corrected chi connectivity index (χ0v) is 22.7. The molecule has 0 fully saturated rings. The van der Waals surface area contributed by atoms with Crippen LogP contribution in [0.1, 0.15) is 63.6 Å². The van der Waals surface area contributed by atoms with Gasteiger partial charge in [-0.1, -0.05) is 62.7 Å². The molecule has 0 aliphatic rings. The van der Waals surface area contributed by atoms with Crippen LogP contribution in [0.4, 0.5) is 5.69 Å². The summed E-state index contributed by atoms with van der Waals surface area (Å²) < 4.78 is 26.5. The smallest absolute Gasteiger partial charge is 0.244 e. The van der Waals surface area contributed by atoms with Crippen molar-refractivity contribution in [3.63, 3.8) is 0 Å². The van der Waals surface area contributed by atoms with Crippen LogP contribution in [0.5, 0.6) is 0 Å². The van der Waals surface area contributed by atoms with Gasteiger partial charge in [-0.05, 0) is 56.4 Å². The first kappa shape index (κ1) is 28.4. The number of rotatable bonds is 11. The topological polar surface area (TPSA) is 86.8 Å². The van der Waals surface area contributed by atoms with Gasteiger partial charge in [-0.2, -0.15) is 0 Å². The van der Waals surface area contributed by atoms with Gasteiger partial charge in [0.1, 0.15) is 12.6 Å². The molecule has 2 rings (SSSR count). The van der Waals surface area contributed by atoms with Crippen LogP contribution >= 0.6 is 0 Å². The van der Waals surface area contributed by atoms with E-state index in [9.17, 15) is 18.0 Å². The van der Waals surface area contributed by atoms with E-state index in [0.29, 0.717) is 11.6 Å². The fourth-order valence-electron chi connectivity index (χ4n) is 3.69. The number of sulfonamides is 1. The lowest BCUT2D eigenvalue weighted by Gasteiger charge is -2.32. The van der Waals surface area contributed by atoms with E-state index < -0.39 is 28.5 Å². The Labute approximate surface area is 210 Å². The van der Waals surface area contributed by atoms with Gasteiger partial charge < -0.3 is 10.2 Å². The molecule has 0 aliphatic heterocycles. The van der Waals surface area contributed by atoms with Crippen molar-refractivity contribution in [1.29, 1.82) is 0 Å². The predicted molar refractivity (Wildman–Crippen MR) is 142 cm³/mol. The van der Waals surface area contributed by atoms with Gasteiger partial charge in [-0.15, -0.1) is 0 Å². The Bertz CT molecular complexity index is 1110. The Kier molecular flexibility index (Phi) is 9.89. The second-order valence-corrected chi connectivity index (χ2v) is 11.4. The van der Waals surface area contributed by atoms with E-state index in [1.807, 2.05) is 57.2 Å². The lowest BCUT2D eigenvalue weighted by atomic mass is 10.0. The maximum Gasteiger partial charge on any atom is 0.244 e. The Morgan fingerprint density at radius 3 is 2.14 bits per heavy atom. The number of hydrogen-bond acceptors (Lipinski definition) is 4. The van der Waals surface area contributed by atoms with Gasteiger partial charge in [-0.25, -0.2) is 8.42 Å². The molecule has 0 radical (unpaired) electrons. The summed E-state index contributed by atoms with van der Waals surface area (Å²) in [5.74, 6) is -0.420. The molecular weight excluding hydrogens is 462 g/mol. The standard InChI is InChI=1S/C27H39N3O4S/c1-8-21(5)28-27(32)22(6)29(17-23-11-9-10-20(4)16-23)26(31)18-30(35(7,33)34)25-14-12-24(13-15-25)19(2)3/h9-16,19,21-22H,8,17-18H2,1-7H3,(H,28,32)/t21-,22-/m1/s1. The normalized spacial score (nSPS) is 13.3. The Morgan fingerprint density at radius 1 is 1.00 bits per heavy atom. The van der Waals surface area contributed by atoms with Crippen molar-refractivity contribution >= 4 is 27.5 Å². The summed E-state index contributed by atoms with van der Waals surface area (Å²) in [6.07, 6.45) is 1.85. The number of anilines is 1. The molecule has 192 valence electrons. The van der Waals surface area contributed by atoms with Crippen molar-refractivity contribution in [3.05, 3.63) is 65.2 Å². The monoisotopic (exact) mass is 501 g/mol. The number of nitrogens with one attached hydrogen (secondary N) is 1. The molecule has 2 atom stereocenters. The molecule has 2 aromatic carbocycles. The largest absolute Gasteiger partial charge is 0.352 e. The van der Waals surface area contributed by atoms with Crippen molar-refractivity contribution < 1.29 is 18.0 Å². The number of carbonyl (C=O) groups is 2. The number of aryl methyl sites for hydroxylation is 1. The van der Waals surface area contributed by atoms with Crippen molar-refractivity contribution in [2.24, 2.45) is 0 Å². The van der Waals surface area contributed by atoms with Gasteiger partial charge in [0.25, 0.3) is 0 Å². The van der Waals surface area contributed by atoms with E-state index in [1.54, 1.807) is 19.1 Å². The van der Waals surface area contributed by atoms with E-state index in [1.165, 1.54) is 4.90 Å². The molecule has 0 aromatic heterocycles. The van der Waals surface area contributed by atoms with Gasteiger partial charge in [0.15, 0.2) is 0 Å². The van der Waals surface area contributed by atoms with Gasteiger partial charge in [0.05, 0.1) is 11.9 Å². The van der Waals surface area contributed by atoms with Crippen LogP contribution in [0, 0.1) is 6.92 Å². The first-order chi connectivity index (χ1) is 16.3. The summed E-state index contributed by atoms with van der Waals surface area (Å²) >= 11 is 0. The third-order valence-corrected chi connectivity index (χ3v) is 7.27. The van der Waals surface area contributed by atoms with Crippen molar-refractivity contribution in [1.82, 2.24) is 10.2 Å². The van der Waals surface area contributed by atoms with Crippen molar-refractivity contribution in [2.75, 3.05) is 17.1 Å². The van der Waals surface area contributed by atoms with Crippen LogP contribution in [0.15, 0.2) is 48.5 Å². The summed E-state index contributed by atoms with van der Waals surface area (Å²) in [5, 5.41) is 2.93. The van der Waals surface area contributed by atoms with E-state index >= 15 is 0 Å². The fraction of sp³-hybridized carbons (Fsp3) is 0.481. The third-order valence-electron chi connectivity index (χ3n) is 6.13. The number of hydrogen-bond donors (Lipinski definition) is 1. The first-order valence-corrected chi connectivity index (χ1v) is 13.9. The zero-order valence-electron chi connectivity index (χ0n) is 21.9. The second kappa shape index (κ2) is 12.2. The molecule has 0 aliphatic carbocycles. The fourth-order valence-corrected chi connectivity index (χ4v) is 4.54. The quantitative estimate of drug-likeness (QED) is 0.500. The third kappa shape index (κ3) is 8.09. The van der Waals surface area contributed by atoms with Crippen LogP contribution in [0.2, 0.25) is 0 Å². The molecular formula is C27H39N3O4S. The highest BCUT2D eigenvalue weighted by molar-refractivity contribution is 7.92. The number of carbonyl (C=O) groups excluding carboxylic acids is 2. The van der Waals surface area contributed by atoms with Crippen LogP contribution in [-0.2, 0) is 26.2 Å². The predicted octanol–water partition coefficient (Wildman–Crippen LogP) is 4.22. The maximum atomic E-state index is 13.6. The van der Waals surface area contributed by atoms with Gasteiger partial charge in [0.2, 0.25) is 21.8 Å². The molecule has 7 nitrogen and oxygen atoms in total. The molecule has 0 saturated heterocycles. The number of amides is 2. The molecule has 35 heavy (non-hydrogen) atoms. The molecule has 2 amide bonds. The molecule has 0 unspecified atom stereocenters. The Balaban J connectivity index is 2.38. The Morgan fingerprint density at radius 2 is 1.63 bits per heavy atom. The van der Waals surface area contributed by atoms with Crippen LogP contribution in [0.25, 0.3) is 0 Å². The minimum Gasteiger partial charge on any atom is -0.352 e. The van der Waals surface area contributed by atoms with Gasteiger partial charge in [0, 0.05) is 12.6 Å². The van der Waals surface area contributed by atoms with E-state index in [0.717, 1.165) is 33.7 Å². The van der Waals surface area contributed by atoms with Gasteiger partial charge in [-0.3, -0.25) is 13.9 Å². The SMILES string of the molecule is CC[C@@H](C)NC(=O)[C@@H](C)N(Cc1cccc(C)c1)C(=O)CN(c1ccc(C(C)C)cc1)S(C)(=O)=O.